The number of nitrogens with zero attached hydrogens (tertiary/aromatic N) is 1. The van der Waals surface area contributed by atoms with Gasteiger partial charge in [-0.25, -0.2) is 0 Å². The number of amides is 2. The number of anilines is 1. The SMILES string of the molecule is COC(=O)[C@@H]1C(=O)NC(SCC(=O)Nc2cc(C(F)(F)F)ccc2Cl)=C(C#N)[C@H]1c1ccc(OC)c(Br)c1. The Morgan fingerprint density at radius 3 is 2.53 bits per heavy atom. The van der Waals surface area contributed by atoms with Crippen molar-refractivity contribution < 1.29 is 37.0 Å². The molecule has 1 aliphatic heterocycles. The van der Waals surface area contributed by atoms with Crippen molar-refractivity contribution in [1.82, 2.24) is 5.32 Å². The first-order valence-corrected chi connectivity index (χ1v) is 12.7. The molecule has 0 unspecified atom stereocenters. The lowest BCUT2D eigenvalue weighted by molar-refractivity contribution is -0.150. The van der Waals surface area contributed by atoms with Crippen molar-refractivity contribution in [3.05, 3.63) is 67.6 Å². The average molecular weight is 633 g/mol. The van der Waals surface area contributed by atoms with Gasteiger partial charge >= 0.3 is 12.1 Å². The molecule has 14 heteroatoms. The fraction of sp³-hybridized carbons (Fsp3) is 0.250. The molecule has 3 rings (SSSR count). The van der Waals surface area contributed by atoms with Gasteiger partial charge in [-0.2, -0.15) is 18.4 Å². The number of alkyl halides is 3. The lowest BCUT2D eigenvalue weighted by Gasteiger charge is -2.31. The second-order valence-corrected chi connectivity index (χ2v) is 9.99. The highest BCUT2D eigenvalue weighted by Crippen LogP contribution is 2.42. The Labute approximate surface area is 232 Å². The van der Waals surface area contributed by atoms with Crippen LogP contribution in [-0.4, -0.2) is 37.8 Å². The summed E-state index contributed by atoms with van der Waals surface area (Å²) < 4.78 is 49.6. The van der Waals surface area contributed by atoms with Gasteiger partial charge in [-0.15, -0.1) is 0 Å². The van der Waals surface area contributed by atoms with Crippen molar-refractivity contribution in [1.29, 1.82) is 5.26 Å². The number of nitrogens with one attached hydrogen (secondary N) is 2. The van der Waals surface area contributed by atoms with Crippen LogP contribution in [0.5, 0.6) is 5.75 Å². The summed E-state index contributed by atoms with van der Waals surface area (Å²) in [7, 11) is 2.57. The average Bonchev–Trinajstić information content (AvgIpc) is 2.87. The van der Waals surface area contributed by atoms with Gasteiger partial charge in [0.05, 0.1) is 57.4 Å². The third kappa shape index (κ3) is 6.43. The molecule has 2 aromatic carbocycles. The van der Waals surface area contributed by atoms with Gasteiger partial charge in [-0.05, 0) is 51.8 Å². The predicted molar refractivity (Wildman–Crippen MR) is 137 cm³/mol. The topological polar surface area (TPSA) is 118 Å². The molecule has 0 radical (unpaired) electrons. The molecule has 2 aromatic rings. The maximum Gasteiger partial charge on any atom is 0.416 e. The number of allylic oxidation sites excluding steroid dienone is 1. The second kappa shape index (κ2) is 12.1. The number of carbonyl (C=O) groups excluding carboxylic acids is 3. The van der Waals surface area contributed by atoms with Crippen LogP contribution in [0.15, 0.2) is 51.5 Å². The third-order valence-corrected chi connectivity index (χ3v) is 7.40. The minimum atomic E-state index is -4.64. The summed E-state index contributed by atoms with van der Waals surface area (Å²) in [4.78, 5) is 38.0. The Hall–Kier alpha value is -3.21. The maximum absolute atomic E-state index is 13.0. The van der Waals surface area contributed by atoms with Crippen LogP contribution in [0.4, 0.5) is 18.9 Å². The Kier molecular flexibility index (Phi) is 9.35. The van der Waals surface area contributed by atoms with E-state index in [2.05, 4.69) is 26.6 Å². The van der Waals surface area contributed by atoms with Crippen LogP contribution in [0.2, 0.25) is 5.02 Å². The largest absolute Gasteiger partial charge is 0.496 e. The normalized spacial score (nSPS) is 17.4. The first-order chi connectivity index (χ1) is 17.9. The van der Waals surface area contributed by atoms with Crippen molar-refractivity contribution in [3.63, 3.8) is 0 Å². The van der Waals surface area contributed by atoms with Gasteiger partial charge in [0.25, 0.3) is 0 Å². The minimum Gasteiger partial charge on any atom is -0.496 e. The Balaban J connectivity index is 1.91. The first kappa shape index (κ1) is 29.3. The number of hydrogen-bond acceptors (Lipinski definition) is 7. The molecule has 0 aromatic heterocycles. The quantitative estimate of drug-likeness (QED) is 0.317. The monoisotopic (exact) mass is 631 g/mol. The van der Waals surface area contributed by atoms with E-state index < -0.39 is 47.1 Å². The Bertz CT molecular complexity index is 1360. The van der Waals surface area contributed by atoms with Crippen LogP contribution < -0.4 is 15.4 Å². The molecule has 0 bridgehead atoms. The van der Waals surface area contributed by atoms with Gasteiger partial charge in [0.2, 0.25) is 11.8 Å². The fourth-order valence-corrected chi connectivity index (χ4v) is 5.25. The lowest BCUT2D eigenvalue weighted by Crippen LogP contribution is -2.44. The summed E-state index contributed by atoms with van der Waals surface area (Å²) in [6.45, 7) is 0. The summed E-state index contributed by atoms with van der Waals surface area (Å²) in [6.07, 6.45) is -4.64. The standard InChI is InChI=1S/C24H18BrClF3N3O5S/c1-36-17-6-3-11(7-14(17)25)19-13(9-30)22(32-21(34)20(19)23(35)37-2)38-10-18(33)31-16-8-12(24(27,28)29)4-5-15(16)26/h3-8,19-20H,10H2,1-2H3,(H,31,33)(H,32,34)/t19-,20+/m1/s1. The number of halogens is 5. The summed E-state index contributed by atoms with van der Waals surface area (Å²) in [6, 6.07) is 9.27. The van der Waals surface area contributed by atoms with Crippen molar-refractivity contribution in [2.75, 3.05) is 25.3 Å². The highest BCUT2D eigenvalue weighted by atomic mass is 79.9. The number of ether oxygens (including phenoxy) is 2. The molecule has 2 N–H and O–H groups in total. The molecule has 0 saturated carbocycles. The molecular weight excluding hydrogens is 615 g/mol. The zero-order chi connectivity index (χ0) is 28.2. The van der Waals surface area contributed by atoms with Crippen molar-refractivity contribution in [2.45, 2.75) is 12.1 Å². The number of benzene rings is 2. The maximum atomic E-state index is 13.0. The van der Waals surface area contributed by atoms with E-state index in [0.29, 0.717) is 21.9 Å². The molecule has 0 saturated heterocycles. The second-order valence-electron chi connectivity index (χ2n) is 7.75. The van der Waals surface area contributed by atoms with Crippen LogP contribution >= 0.6 is 39.3 Å². The van der Waals surface area contributed by atoms with Gasteiger partial charge < -0.3 is 20.1 Å². The zero-order valence-electron chi connectivity index (χ0n) is 19.6. The molecule has 2 atom stereocenters. The highest BCUT2D eigenvalue weighted by molar-refractivity contribution is 9.10. The van der Waals surface area contributed by atoms with Crippen molar-refractivity contribution >= 4 is 62.8 Å². The number of hydrogen-bond donors (Lipinski definition) is 2. The van der Waals surface area contributed by atoms with Gasteiger partial charge in [-0.3, -0.25) is 14.4 Å². The van der Waals surface area contributed by atoms with E-state index in [4.69, 9.17) is 21.1 Å². The molecule has 38 heavy (non-hydrogen) atoms. The molecule has 1 heterocycles. The molecule has 0 fully saturated rings. The minimum absolute atomic E-state index is 0.00744. The van der Waals surface area contributed by atoms with Crippen LogP contribution in [0.25, 0.3) is 0 Å². The van der Waals surface area contributed by atoms with E-state index in [1.54, 1.807) is 18.2 Å². The number of thioether (sulfide) groups is 1. The smallest absolute Gasteiger partial charge is 0.416 e. The van der Waals surface area contributed by atoms with Gasteiger partial charge in [0.1, 0.15) is 11.7 Å². The van der Waals surface area contributed by atoms with Gasteiger partial charge in [0, 0.05) is 5.92 Å². The van der Waals surface area contributed by atoms with Crippen LogP contribution in [0.1, 0.15) is 17.0 Å². The summed E-state index contributed by atoms with van der Waals surface area (Å²) in [5, 5.41) is 14.7. The van der Waals surface area contributed by atoms with Crippen molar-refractivity contribution in [3.8, 4) is 11.8 Å². The van der Waals surface area contributed by atoms with Crippen molar-refractivity contribution in [2.24, 2.45) is 5.92 Å². The van der Waals surface area contributed by atoms with E-state index in [0.717, 1.165) is 31.0 Å². The van der Waals surface area contributed by atoms with E-state index >= 15 is 0 Å². The number of esters is 1. The molecule has 8 nitrogen and oxygen atoms in total. The highest BCUT2D eigenvalue weighted by Gasteiger charge is 2.44. The number of rotatable bonds is 7. The van der Waals surface area contributed by atoms with Crippen LogP contribution in [0.3, 0.4) is 0 Å². The van der Waals surface area contributed by atoms with Gasteiger partial charge in [-0.1, -0.05) is 29.4 Å². The molecule has 1 aliphatic rings. The zero-order valence-corrected chi connectivity index (χ0v) is 22.8. The third-order valence-electron chi connectivity index (χ3n) is 5.43. The summed E-state index contributed by atoms with van der Waals surface area (Å²) in [5.74, 6) is -4.72. The Morgan fingerprint density at radius 1 is 1.24 bits per heavy atom. The molecule has 2 amide bonds. The molecule has 0 spiro atoms. The van der Waals surface area contributed by atoms with E-state index in [-0.39, 0.29) is 21.3 Å². The van der Waals surface area contributed by atoms with E-state index in [9.17, 15) is 32.8 Å². The summed E-state index contributed by atoms with van der Waals surface area (Å²) >= 11 is 10.0. The predicted octanol–water partition coefficient (Wildman–Crippen LogP) is 5.24. The molecule has 0 aliphatic carbocycles. The Morgan fingerprint density at radius 2 is 1.95 bits per heavy atom. The van der Waals surface area contributed by atoms with Gasteiger partial charge in [0.15, 0.2) is 0 Å². The molecular formula is C24H18BrClF3N3O5S. The number of carbonyl (C=O) groups is 3. The number of methoxy groups -OCH3 is 2. The van der Waals surface area contributed by atoms with E-state index in [1.807, 2.05) is 6.07 Å². The molecule has 200 valence electrons. The summed E-state index contributed by atoms with van der Waals surface area (Å²) in [5.41, 5.74) is -0.827. The van der Waals surface area contributed by atoms with E-state index in [1.165, 1.54) is 7.11 Å². The first-order valence-electron chi connectivity index (χ1n) is 10.6. The van der Waals surface area contributed by atoms with Crippen LogP contribution in [0, 0.1) is 17.2 Å². The lowest BCUT2D eigenvalue weighted by atomic mass is 9.78. The number of nitriles is 1. The van der Waals surface area contributed by atoms with Crippen LogP contribution in [-0.2, 0) is 25.3 Å². The fourth-order valence-electron chi connectivity index (χ4n) is 3.68.